The van der Waals surface area contributed by atoms with E-state index in [1.807, 2.05) is 0 Å². The molecule has 9 heteroatoms. The van der Waals surface area contributed by atoms with Gasteiger partial charge in [-0.25, -0.2) is 13.2 Å². The molecule has 7 nitrogen and oxygen atoms in total. The molecular weight excluding hydrogens is 408 g/mol. The molecule has 1 atom stereocenters. The highest BCUT2D eigenvalue weighted by atomic mass is 32.2. The minimum Gasteiger partial charge on any atom is -0.465 e. The lowest BCUT2D eigenvalue weighted by Gasteiger charge is -2.40. The topological polar surface area (TPSA) is 87.2 Å². The molecule has 1 amide bonds. The second kappa shape index (κ2) is 9.16. The number of carboxylic acid groups (broad SMARTS) is 1. The van der Waals surface area contributed by atoms with Gasteiger partial charge in [0, 0.05) is 32.3 Å². The number of rotatable bonds is 7. The predicted octanol–water partition coefficient (Wildman–Crippen LogP) is 3.84. The van der Waals surface area contributed by atoms with E-state index in [1.54, 1.807) is 30.3 Å². The van der Waals surface area contributed by atoms with Crippen molar-refractivity contribution >= 4 is 24.4 Å². The van der Waals surface area contributed by atoms with Crippen LogP contribution in [0.2, 0.25) is 18.1 Å². The number of carbonyl (C=O) groups is 1. The smallest absolute Gasteiger partial charge is 0.407 e. The van der Waals surface area contributed by atoms with Crippen LogP contribution in [0.15, 0.2) is 35.2 Å². The van der Waals surface area contributed by atoms with Crippen molar-refractivity contribution in [2.75, 3.05) is 26.2 Å². The maximum Gasteiger partial charge on any atom is 0.407 e. The number of hydrogen-bond acceptors (Lipinski definition) is 4. The van der Waals surface area contributed by atoms with Crippen molar-refractivity contribution in [1.29, 1.82) is 0 Å². The minimum atomic E-state index is -3.67. The van der Waals surface area contributed by atoms with E-state index >= 15 is 0 Å². The van der Waals surface area contributed by atoms with Gasteiger partial charge in [-0.2, -0.15) is 4.31 Å². The Morgan fingerprint density at radius 1 is 1.21 bits per heavy atom. The fraction of sp³-hybridized carbons (Fsp3) is 0.650. The molecule has 0 aromatic heterocycles. The van der Waals surface area contributed by atoms with E-state index in [1.165, 1.54) is 9.21 Å². The van der Waals surface area contributed by atoms with E-state index in [4.69, 9.17) is 4.43 Å². The number of amides is 1. The third-order valence-electron chi connectivity index (χ3n) is 6.00. The summed E-state index contributed by atoms with van der Waals surface area (Å²) in [4.78, 5) is 13.0. The van der Waals surface area contributed by atoms with Gasteiger partial charge in [-0.05, 0) is 43.1 Å². The molecule has 0 aliphatic carbocycles. The van der Waals surface area contributed by atoms with E-state index in [2.05, 4.69) is 33.9 Å². The first kappa shape index (κ1) is 23.9. The number of piperazine rings is 1. The monoisotopic (exact) mass is 442 g/mol. The summed E-state index contributed by atoms with van der Waals surface area (Å²) in [7, 11) is -5.53. The highest BCUT2D eigenvalue weighted by molar-refractivity contribution is 7.89. The normalized spacial score (nSPS) is 19.3. The Hall–Kier alpha value is -1.42. The van der Waals surface area contributed by atoms with Crippen LogP contribution in [0, 0.1) is 0 Å². The second-order valence-corrected chi connectivity index (χ2v) is 15.8. The van der Waals surface area contributed by atoms with Gasteiger partial charge in [0.05, 0.1) is 4.90 Å². The average Bonchev–Trinajstić information content (AvgIpc) is 2.64. The van der Waals surface area contributed by atoms with Crippen molar-refractivity contribution in [3.8, 4) is 0 Å². The molecule has 1 N–H and O–H groups in total. The average molecular weight is 443 g/mol. The molecule has 1 aliphatic rings. The van der Waals surface area contributed by atoms with Gasteiger partial charge in [-0.15, -0.1) is 0 Å². The van der Waals surface area contributed by atoms with E-state index in [9.17, 15) is 18.3 Å². The third kappa shape index (κ3) is 5.81. The molecule has 1 saturated heterocycles. The molecule has 1 aromatic carbocycles. The molecule has 29 heavy (non-hydrogen) atoms. The summed E-state index contributed by atoms with van der Waals surface area (Å²) in [5.41, 5.74) is 0. The van der Waals surface area contributed by atoms with Crippen LogP contribution >= 0.6 is 0 Å². The quantitative estimate of drug-likeness (QED) is 0.512. The zero-order valence-corrected chi connectivity index (χ0v) is 19.9. The maximum atomic E-state index is 13.1. The Morgan fingerprint density at radius 3 is 2.38 bits per heavy atom. The van der Waals surface area contributed by atoms with Crippen LogP contribution in [0.4, 0.5) is 4.79 Å². The van der Waals surface area contributed by atoms with Crippen LogP contribution < -0.4 is 0 Å². The van der Waals surface area contributed by atoms with E-state index in [0.717, 1.165) is 0 Å². The van der Waals surface area contributed by atoms with Gasteiger partial charge in [0.2, 0.25) is 10.0 Å². The van der Waals surface area contributed by atoms with Gasteiger partial charge in [-0.3, -0.25) is 0 Å². The van der Waals surface area contributed by atoms with Crippen LogP contribution in [0.5, 0.6) is 0 Å². The lowest BCUT2D eigenvalue weighted by Crippen LogP contribution is -2.56. The zero-order chi connectivity index (χ0) is 21.9. The Labute approximate surface area is 175 Å². The summed E-state index contributed by atoms with van der Waals surface area (Å²) >= 11 is 0. The maximum absolute atomic E-state index is 13.1. The van der Waals surface area contributed by atoms with Gasteiger partial charge in [0.15, 0.2) is 8.32 Å². The fourth-order valence-electron chi connectivity index (χ4n) is 3.15. The number of nitrogens with zero attached hydrogens (tertiary/aromatic N) is 2. The highest BCUT2D eigenvalue weighted by Gasteiger charge is 2.39. The molecule has 1 fully saturated rings. The number of benzene rings is 1. The van der Waals surface area contributed by atoms with Crippen molar-refractivity contribution in [2.45, 2.75) is 62.7 Å². The largest absolute Gasteiger partial charge is 0.465 e. The van der Waals surface area contributed by atoms with Gasteiger partial charge in [0.1, 0.15) is 0 Å². The molecule has 1 heterocycles. The first-order valence-electron chi connectivity index (χ1n) is 10.0. The standard InChI is InChI=1S/C20H34N2O5SSi/c1-20(2,3)29(4,5)27-15-9-10-17-16-21(19(23)24)13-14-22(17)28(25,26)18-11-7-6-8-12-18/h6-8,11-12,17H,9-10,13-16H2,1-5H3,(H,23,24). The molecule has 0 bridgehead atoms. The molecule has 164 valence electrons. The number of hydrogen-bond donors (Lipinski definition) is 1. The Morgan fingerprint density at radius 2 is 1.83 bits per heavy atom. The SMILES string of the molecule is CC(C)(C)[Si](C)(C)OCCCC1CN(C(=O)O)CCN1S(=O)(=O)c1ccccc1. The zero-order valence-electron chi connectivity index (χ0n) is 18.1. The summed E-state index contributed by atoms with van der Waals surface area (Å²) in [6.45, 7) is 12.0. The molecule has 1 unspecified atom stereocenters. The van der Waals surface area contributed by atoms with Gasteiger partial charge in [-0.1, -0.05) is 39.0 Å². The minimum absolute atomic E-state index is 0.112. The lowest BCUT2D eigenvalue weighted by molar-refractivity contribution is 0.100. The van der Waals surface area contributed by atoms with Crippen LogP contribution in [0.3, 0.4) is 0 Å². The van der Waals surface area contributed by atoms with Crippen molar-refractivity contribution in [3.05, 3.63) is 30.3 Å². The van der Waals surface area contributed by atoms with Crippen LogP contribution in [-0.2, 0) is 14.4 Å². The van der Waals surface area contributed by atoms with E-state index in [-0.39, 0.29) is 29.6 Å². The summed E-state index contributed by atoms with van der Waals surface area (Å²) in [5, 5.41) is 9.48. The fourth-order valence-corrected chi connectivity index (χ4v) is 5.90. The van der Waals surface area contributed by atoms with Crippen molar-refractivity contribution < 1.29 is 22.7 Å². The molecule has 2 rings (SSSR count). The van der Waals surface area contributed by atoms with Crippen LogP contribution in [0.25, 0.3) is 0 Å². The van der Waals surface area contributed by atoms with Crippen molar-refractivity contribution in [3.63, 3.8) is 0 Å². The van der Waals surface area contributed by atoms with Crippen molar-refractivity contribution in [2.24, 2.45) is 0 Å². The van der Waals surface area contributed by atoms with Gasteiger partial charge >= 0.3 is 6.09 Å². The number of sulfonamides is 1. The van der Waals surface area contributed by atoms with Crippen LogP contribution in [0.1, 0.15) is 33.6 Å². The summed E-state index contributed by atoms with van der Waals surface area (Å²) < 4.78 is 33.9. The molecule has 0 spiro atoms. The van der Waals surface area contributed by atoms with Crippen LogP contribution in [-0.4, -0.2) is 69.4 Å². The highest BCUT2D eigenvalue weighted by Crippen LogP contribution is 2.36. The third-order valence-corrected chi connectivity index (χ3v) is 12.5. The molecular formula is C20H34N2O5SSi. The Bertz CT molecular complexity index is 793. The summed E-state index contributed by atoms with van der Waals surface area (Å²) in [6.07, 6.45) is 0.236. The second-order valence-electron chi connectivity index (χ2n) is 9.06. The van der Waals surface area contributed by atoms with E-state index in [0.29, 0.717) is 19.4 Å². The first-order valence-corrected chi connectivity index (χ1v) is 14.4. The Kier molecular flexibility index (Phi) is 7.53. The molecule has 1 aromatic rings. The summed E-state index contributed by atoms with van der Waals surface area (Å²) in [6, 6.07) is 7.93. The molecule has 1 aliphatic heterocycles. The first-order chi connectivity index (χ1) is 13.4. The van der Waals surface area contributed by atoms with Crippen molar-refractivity contribution in [1.82, 2.24) is 9.21 Å². The summed E-state index contributed by atoms with van der Waals surface area (Å²) in [5.74, 6) is 0. The van der Waals surface area contributed by atoms with Gasteiger partial charge in [0.25, 0.3) is 0 Å². The Balaban J connectivity index is 2.10. The van der Waals surface area contributed by atoms with E-state index < -0.39 is 30.5 Å². The van der Waals surface area contributed by atoms with Gasteiger partial charge < -0.3 is 14.4 Å². The lowest BCUT2D eigenvalue weighted by atomic mass is 10.1. The molecule has 0 saturated carbocycles. The predicted molar refractivity (Wildman–Crippen MR) is 116 cm³/mol. The molecule has 0 radical (unpaired) electrons.